The Morgan fingerprint density at radius 2 is 1.45 bits per heavy atom. The van der Waals surface area contributed by atoms with Crippen LogP contribution in [0.4, 0.5) is 0 Å². The van der Waals surface area contributed by atoms with Gasteiger partial charge in [0.05, 0.1) is 31.4 Å². The van der Waals surface area contributed by atoms with Crippen LogP contribution in [0, 0.1) is 0 Å². The molecule has 0 saturated carbocycles. The zero-order valence-electron chi connectivity index (χ0n) is 6.67. The van der Waals surface area contributed by atoms with Crippen molar-refractivity contribution in [3.05, 3.63) is 0 Å². The average molecular weight is 139 g/mol. The molecule has 0 bridgehead atoms. The molecule has 0 aromatic rings. The Kier molecular flexibility index (Phi) is 2.19. The minimum absolute atomic E-state index is 0.531. The second-order valence-corrected chi connectivity index (χ2v) is 3.38. The molecule has 0 amide bonds. The second kappa shape index (κ2) is 2.60. The predicted molar refractivity (Wildman–Crippen MR) is 49.1 cm³/mol. The number of nitrogens with zero attached hydrogens (tertiary/aromatic N) is 1. The molecule has 1 aliphatic heterocycles. The van der Waals surface area contributed by atoms with Crippen molar-refractivity contribution in [1.29, 1.82) is 0 Å². The third-order valence-corrected chi connectivity index (χ3v) is 1.53. The SMILES string of the molecule is [B]C1([B])CN(C)CC([B])([B])N1. The van der Waals surface area contributed by atoms with Crippen LogP contribution in [0.1, 0.15) is 0 Å². The molecule has 0 atom stereocenters. The Morgan fingerprint density at radius 3 is 1.73 bits per heavy atom. The van der Waals surface area contributed by atoms with Gasteiger partial charge < -0.3 is 10.2 Å². The summed E-state index contributed by atoms with van der Waals surface area (Å²) in [5.41, 5.74) is 0. The highest BCUT2D eigenvalue weighted by Crippen LogP contribution is 2.10. The Hall–Kier alpha value is 0.180. The van der Waals surface area contributed by atoms with Gasteiger partial charge in [0, 0.05) is 0 Å². The van der Waals surface area contributed by atoms with E-state index >= 15 is 0 Å². The van der Waals surface area contributed by atoms with Gasteiger partial charge in [0.2, 0.25) is 0 Å². The highest BCUT2D eigenvalue weighted by atomic mass is 15.2. The highest BCUT2D eigenvalue weighted by Gasteiger charge is 2.32. The minimum Gasteiger partial charge on any atom is -0.337 e. The molecule has 1 aliphatic rings. The van der Waals surface area contributed by atoms with Crippen molar-refractivity contribution in [1.82, 2.24) is 10.2 Å². The van der Waals surface area contributed by atoms with Crippen molar-refractivity contribution >= 4 is 31.4 Å². The first kappa shape index (κ1) is 9.27. The van der Waals surface area contributed by atoms with Gasteiger partial charge in [0.25, 0.3) is 0 Å². The fourth-order valence-electron chi connectivity index (χ4n) is 1.46. The molecule has 0 aliphatic carbocycles. The zero-order chi connectivity index (χ0) is 8.70. The van der Waals surface area contributed by atoms with Crippen LogP contribution in [0.15, 0.2) is 0 Å². The summed E-state index contributed by atoms with van der Waals surface area (Å²) in [6.45, 7) is 1.06. The third kappa shape index (κ3) is 2.60. The molecule has 1 saturated heterocycles. The van der Waals surface area contributed by atoms with Crippen LogP contribution in [-0.4, -0.2) is 67.1 Å². The summed E-state index contributed by atoms with van der Waals surface area (Å²) in [6.07, 6.45) is 0. The Labute approximate surface area is 73.1 Å². The molecule has 6 heteroatoms. The van der Waals surface area contributed by atoms with Crippen LogP contribution in [0.3, 0.4) is 0 Å². The van der Waals surface area contributed by atoms with Crippen molar-refractivity contribution in [2.24, 2.45) is 0 Å². The topological polar surface area (TPSA) is 15.3 Å². The fraction of sp³-hybridized carbons (Fsp3) is 1.00. The summed E-state index contributed by atoms with van der Waals surface area (Å²) < 4.78 is 0. The van der Waals surface area contributed by atoms with Crippen molar-refractivity contribution in [2.75, 3.05) is 20.1 Å². The van der Waals surface area contributed by atoms with Crippen LogP contribution < -0.4 is 5.32 Å². The first-order chi connectivity index (χ1) is 4.81. The molecule has 0 unspecified atom stereocenters. The molecule has 2 nitrogen and oxygen atoms in total. The summed E-state index contributed by atoms with van der Waals surface area (Å²) in [5.74, 6) is 0. The predicted octanol–water partition coefficient (Wildman–Crippen LogP) is -2.50. The molecule has 0 aromatic heterocycles. The van der Waals surface area contributed by atoms with E-state index in [0.717, 1.165) is 0 Å². The number of rotatable bonds is 0. The zero-order valence-corrected chi connectivity index (χ0v) is 6.67. The summed E-state index contributed by atoms with van der Waals surface area (Å²) in [4.78, 5) is 1.89. The molecule has 1 rings (SSSR count). The number of piperazine rings is 1. The van der Waals surface area contributed by atoms with Gasteiger partial charge in [-0.25, -0.2) is 0 Å². The maximum absolute atomic E-state index is 5.61. The Bertz CT molecular complexity index is 143. The van der Waals surface area contributed by atoms with Crippen LogP contribution in [0.25, 0.3) is 0 Å². The van der Waals surface area contributed by atoms with E-state index in [9.17, 15) is 0 Å². The number of nitrogens with one attached hydrogen (secondary N) is 1. The quantitative estimate of drug-likeness (QED) is 0.374. The first-order valence-corrected chi connectivity index (χ1v) is 3.44. The van der Waals surface area contributed by atoms with Gasteiger partial charge in [-0.15, -0.1) is 0 Å². The summed E-state index contributed by atoms with van der Waals surface area (Å²) in [7, 11) is 24.3. The van der Waals surface area contributed by atoms with Crippen LogP contribution >= 0.6 is 0 Å². The monoisotopic (exact) mass is 140 g/mol. The largest absolute Gasteiger partial charge is 0.337 e. The molecular formula is C5H8B4N2. The molecule has 0 spiro atoms. The molecular weight excluding hydrogens is 131 g/mol. The van der Waals surface area contributed by atoms with Gasteiger partial charge in [-0.2, -0.15) is 0 Å². The van der Waals surface area contributed by atoms with Crippen LogP contribution in [0.2, 0.25) is 0 Å². The highest BCUT2D eigenvalue weighted by molar-refractivity contribution is 6.44. The maximum atomic E-state index is 5.61. The summed E-state index contributed by atoms with van der Waals surface area (Å²) >= 11 is 0. The van der Waals surface area contributed by atoms with Gasteiger partial charge in [-0.1, -0.05) is 0 Å². The smallest absolute Gasteiger partial charge is 0.0837 e. The third-order valence-electron chi connectivity index (χ3n) is 1.53. The lowest BCUT2D eigenvalue weighted by Gasteiger charge is -2.49. The number of likely N-dealkylation sites (N-methyl/N-ethyl adjacent to an activating group) is 1. The van der Waals surface area contributed by atoms with Crippen molar-refractivity contribution in [3.8, 4) is 0 Å². The Balaban J connectivity index is 2.66. The maximum Gasteiger partial charge on any atom is 0.0837 e. The van der Waals surface area contributed by atoms with E-state index in [-0.39, 0.29) is 0 Å². The molecule has 8 radical (unpaired) electrons. The lowest BCUT2D eigenvalue weighted by Crippen LogP contribution is -2.72. The molecule has 1 fully saturated rings. The van der Waals surface area contributed by atoms with Crippen LogP contribution in [-0.2, 0) is 0 Å². The van der Waals surface area contributed by atoms with Gasteiger partial charge >= 0.3 is 0 Å². The second-order valence-electron chi connectivity index (χ2n) is 3.38. The number of hydrogen-bond donors (Lipinski definition) is 1. The lowest BCUT2D eigenvalue weighted by atomic mass is 9.52. The molecule has 1 N–H and O–H groups in total. The minimum atomic E-state index is -0.990. The molecule has 1 heterocycles. The van der Waals surface area contributed by atoms with Gasteiger partial charge in [0.1, 0.15) is 0 Å². The number of hydrogen-bond acceptors (Lipinski definition) is 2. The summed E-state index contributed by atoms with van der Waals surface area (Å²) in [5, 5.41) is 0.753. The van der Waals surface area contributed by atoms with E-state index < -0.39 is 10.7 Å². The lowest BCUT2D eigenvalue weighted by molar-refractivity contribution is 0.224. The van der Waals surface area contributed by atoms with E-state index in [1.54, 1.807) is 0 Å². The molecule has 50 valence electrons. The standard InChI is InChI=1S/C5H8B4N2/c1-11-2-4(6,7)10-5(8,9)3-11/h10H,2-3H2,1H3. The average Bonchev–Trinajstić information content (AvgIpc) is 1.49. The molecule has 11 heavy (non-hydrogen) atoms. The van der Waals surface area contributed by atoms with Gasteiger partial charge in [0.15, 0.2) is 0 Å². The first-order valence-electron chi connectivity index (χ1n) is 3.44. The van der Waals surface area contributed by atoms with Crippen molar-refractivity contribution in [3.63, 3.8) is 0 Å². The summed E-state index contributed by atoms with van der Waals surface area (Å²) in [6, 6.07) is 0. The molecule has 0 aromatic carbocycles. The van der Waals surface area contributed by atoms with E-state index in [0.29, 0.717) is 13.1 Å². The van der Waals surface area contributed by atoms with Crippen LogP contribution in [0.5, 0.6) is 0 Å². The van der Waals surface area contributed by atoms with E-state index in [1.165, 1.54) is 0 Å². The van der Waals surface area contributed by atoms with Gasteiger partial charge in [-0.05, 0) is 30.8 Å². The fourth-order valence-corrected chi connectivity index (χ4v) is 1.46. The van der Waals surface area contributed by atoms with Crippen molar-refractivity contribution in [2.45, 2.75) is 10.7 Å². The van der Waals surface area contributed by atoms with E-state index in [2.05, 4.69) is 5.32 Å². The van der Waals surface area contributed by atoms with E-state index in [4.69, 9.17) is 31.4 Å². The van der Waals surface area contributed by atoms with Crippen molar-refractivity contribution < 1.29 is 0 Å². The normalized spacial score (nSPS) is 29.9. The van der Waals surface area contributed by atoms with Gasteiger partial charge in [-0.3, -0.25) is 0 Å². The Morgan fingerprint density at radius 1 is 1.09 bits per heavy atom. The van der Waals surface area contributed by atoms with E-state index in [1.807, 2.05) is 11.9 Å².